The maximum absolute atomic E-state index is 14.2. The number of alkyl halides is 5. The van der Waals surface area contributed by atoms with Crippen LogP contribution >= 0.6 is 0 Å². The number of nitrogens with zero attached hydrogens (tertiary/aromatic N) is 3. The first kappa shape index (κ1) is 26.7. The molecular weight excluding hydrogens is 524 g/mol. The van der Waals surface area contributed by atoms with Gasteiger partial charge in [0.15, 0.2) is 5.78 Å². The minimum Gasteiger partial charge on any atom is -0.298 e. The van der Waals surface area contributed by atoms with Crippen LogP contribution in [0.15, 0.2) is 65.8 Å². The topological polar surface area (TPSA) is 80.2 Å². The van der Waals surface area contributed by atoms with Crippen LogP contribution in [0.1, 0.15) is 24.1 Å². The van der Waals surface area contributed by atoms with E-state index in [1.165, 1.54) is 18.2 Å². The molecule has 0 radical (unpaired) electrons. The molecule has 1 saturated heterocycles. The van der Waals surface area contributed by atoms with Crippen molar-refractivity contribution in [2.75, 3.05) is 6.54 Å². The lowest BCUT2D eigenvalue weighted by atomic mass is 10.0. The molecule has 1 aliphatic rings. The van der Waals surface area contributed by atoms with Crippen molar-refractivity contribution in [2.45, 2.75) is 42.3 Å². The molecule has 1 fully saturated rings. The van der Waals surface area contributed by atoms with Crippen LogP contribution in [0.25, 0.3) is 11.3 Å². The van der Waals surface area contributed by atoms with E-state index in [4.69, 9.17) is 0 Å². The number of aryl methyl sites for hydroxylation is 1. The molecule has 4 rings (SSSR count). The number of benzene rings is 2. The zero-order chi connectivity index (χ0) is 27.0. The Hall–Kier alpha value is -3.32. The van der Waals surface area contributed by atoms with E-state index in [0.717, 1.165) is 42.7 Å². The predicted molar refractivity (Wildman–Crippen MR) is 119 cm³/mol. The van der Waals surface area contributed by atoms with E-state index in [2.05, 4.69) is 9.97 Å². The molecule has 3 aromatic rings. The van der Waals surface area contributed by atoms with Crippen LogP contribution in [0.3, 0.4) is 0 Å². The molecule has 2 heterocycles. The van der Waals surface area contributed by atoms with E-state index in [9.17, 15) is 39.6 Å². The van der Waals surface area contributed by atoms with Gasteiger partial charge in [0.1, 0.15) is 12.1 Å². The Morgan fingerprint density at radius 3 is 2.30 bits per heavy atom. The van der Waals surface area contributed by atoms with Crippen LogP contribution in [0.4, 0.5) is 26.3 Å². The van der Waals surface area contributed by atoms with Gasteiger partial charge in [0, 0.05) is 24.1 Å². The smallest absolute Gasteiger partial charge is 0.298 e. The summed E-state index contributed by atoms with van der Waals surface area (Å²) in [6.45, 7) is -1.19. The molecule has 0 spiro atoms. The third-order valence-electron chi connectivity index (χ3n) is 5.88. The number of halogens is 6. The highest BCUT2D eigenvalue weighted by molar-refractivity contribution is 7.89. The number of ketones is 1. The lowest BCUT2D eigenvalue weighted by Gasteiger charge is -2.22. The minimum atomic E-state index is -4.50. The van der Waals surface area contributed by atoms with Gasteiger partial charge >= 0.3 is 6.18 Å². The van der Waals surface area contributed by atoms with Crippen molar-refractivity contribution < 1.29 is 39.6 Å². The summed E-state index contributed by atoms with van der Waals surface area (Å²) in [6, 6.07) is 7.72. The zero-order valence-corrected chi connectivity index (χ0v) is 19.7. The highest BCUT2D eigenvalue weighted by atomic mass is 32.2. The quantitative estimate of drug-likeness (QED) is 0.396. The number of Topliss-reactive ketones (excluding diaryl/α,β-unsaturated/α-hetero) is 1. The molecule has 6 nitrogen and oxygen atoms in total. The van der Waals surface area contributed by atoms with E-state index in [1.807, 2.05) is 0 Å². The average Bonchev–Trinajstić information content (AvgIpc) is 3.19. The van der Waals surface area contributed by atoms with Crippen molar-refractivity contribution in [3.8, 4) is 11.3 Å². The first-order chi connectivity index (χ1) is 17.3. The third kappa shape index (κ3) is 5.99. The van der Waals surface area contributed by atoms with E-state index in [1.54, 1.807) is 0 Å². The standard InChI is InChI=1S/C24H19F6N3O3S/c25-17-5-8-19(9-6-17)37(35,36)33-13-23(26,27)12-21(33)22(34)10-7-18-11-20(32-14-31-18)15-1-3-16(4-2-15)24(28,29)30/h1-6,8-9,11,14,21H,7,10,12-13H2/t21-/m0/s1. The van der Waals surface area contributed by atoms with Gasteiger partial charge in [0.2, 0.25) is 10.0 Å². The molecule has 0 aliphatic carbocycles. The van der Waals surface area contributed by atoms with Gasteiger partial charge < -0.3 is 0 Å². The molecule has 37 heavy (non-hydrogen) atoms. The van der Waals surface area contributed by atoms with Crippen molar-refractivity contribution in [1.82, 2.24) is 14.3 Å². The molecule has 2 aromatic carbocycles. The second-order valence-corrected chi connectivity index (χ2v) is 10.4. The highest BCUT2D eigenvalue weighted by Gasteiger charge is 2.52. The van der Waals surface area contributed by atoms with Crippen molar-refractivity contribution >= 4 is 15.8 Å². The van der Waals surface area contributed by atoms with Crippen LogP contribution < -0.4 is 0 Å². The first-order valence-electron chi connectivity index (χ1n) is 10.9. The molecule has 0 saturated carbocycles. The maximum Gasteiger partial charge on any atom is 0.416 e. The monoisotopic (exact) mass is 543 g/mol. The summed E-state index contributed by atoms with van der Waals surface area (Å²) in [6.07, 6.45) is -4.69. The van der Waals surface area contributed by atoms with Crippen molar-refractivity contribution in [2.24, 2.45) is 0 Å². The van der Waals surface area contributed by atoms with Gasteiger partial charge in [-0.2, -0.15) is 17.5 Å². The van der Waals surface area contributed by atoms with Gasteiger partial charge in [-0.25, -0.2) is 31.6 Å². The summed E-state index contributed by atoms with van der Waals surface area (Å²) in [7, 11) is -4.50. The van der Waals surface area contributed by atoms with Gasteiger partial charge in [-0.15, -0.1) is 0 Å². The molecule has 0 N–H and O–H groups in total. The maximum atomic E-state index is 14.2. The van der Waals surface area contributed by atoms with Crippen LogP contribution in [0.5, 0.6) is 0 Å². The Morgan fingerprint density at radius 2 is 1.68 bits per heavy atom. The molecule has 13 heteroatoms. The van der Waals surface area contributed by atoms with Crippen LogP contribution in [-0.4, -0.2) is 47.0 Å². The molecule has 1 aliphatic heterocycles. The number of carbonyl (C=O) groups excluding carboxylic acids is 1. The van der Waals surface area contributed by atoms with Crippen LogP contribution in [-0.2, 0) is 27.4 Å². The van der Waals surface area contributed by atoms with Gasteiger partial charge in [0.05, 0.1) is 28.7 Å². The van der Waals surface area contributed by atoms with Crippen molar-refractivity contribution in [3.63, 3.8) is 0 Å². The molecule has 0 unspecified atom stereocenters. The molecule has 0 amide bonds. The predicted octanol–water partition coefficient (Wildman–Crippen LogP) is 4.90. The second kappa shape index (κ2) is 9.86. The summed E-state index contributed by atoms with van der Waals surface area (Å²) in [5.74, 6) is -4.89. The summed E-state index contributed by atoms with van der Waals surface area (Å²) < 4.78 is 106. The van der Waals surface area contributed by atoms with Gasteiger partial charge in [-0.1, -0.05) is 12.1 Å². The van der Waals surface area contributed by atoms with Crippen molar-refractivity contribution in [3.05, 3.63) is 78.0 Å². The first-order valence-corrected chi connectivity index (χ1v) is 12.4. The SMILES string of the molecule is O=C(CCc1cc(-c2ccc(C(F)(F)F)cc2)ncn1)[C@@H]1CC(F)(F)CN1S(=O)(=O)c1ccc(F)cc1. The zero-order valence-electron chi connectivity index (χ0n) is 18.9. The number of carbonyl (C=O) groups is 1. The van der Waals surface area contributed by atoms with E-state index in [0.29, 0.717) is 21.3 Å². The van der Waals surface area contributed by atoms with Gasteiger partial charge in [-0.3, -0.25) is 4.79 Å². The Bertz CT molecular complexity index is 1390. The number of rotatable bonds is 7. The lowest BCUT2D eigenvalue weighted by molar-refractivity contribution is -0.137. The average molecular weight is 543 g/mol. The largest absolute Gasteiger partial charge is 0.416 e. The van der Waals surface area contributed by atoms with E-state index in [-0.39, 0.29) is 12.8 Å². The molecule has 1 atom stereocenters. The number of sulfonamides is 1. The fourth-order valence-corrected chi connectivity index (χ4v) is 5.63. The molecule has 0 bridgehead atoms. The number of hydrogen-bond acceptors (Lipinski definition) is 5. The normalized spacial score (nSPS) is 18.2. The Balaban J connectivity index is 1.49. The Labute approximate surface area is 208 Å². The summed E-state index contributed by atoms with van der Waals surface area (Å²) in [5, 5.41) is 0. The summed E-state index contributed by atoms with van der Waals surface area (Å²) in [5.41, 5.74) is 0.148. The molecule has 1 aromatic heterocycles. The summed E-state index contributed by atoms with van der Waals surface area (Å²) >= 11 is 0. The van der Waals surface area contributed by atoms with Crippen LogP contribution in [0, 0.1) is 5.82 Å². The van der Waals surface area contributed by atoms with Crippen molar-refractivity contribution in [1.29, 1.82) is 0 Å². The van der Waals surface area contributed by atoms with Gasteiger partial charge in [0.25, 0.3) is 5.92 Å². The number of aromatic nitrogens is 2. The lowest BCUT2D eigenvalue weighted by Crippen LogP contribution is -2.40. The van der Waals surface area contributed by atoms with Crippen LogP contribution in [0.2, 0.25) is 0 Å². The fourth-order valence-electron chi connectivity index (χ4n) is 4.00. The summed E-state index contributed by atoms with van der Waals surface area (Å²) in [4.78, 5) is 20.5. The third-order valence-corrected chi connectivity index (χ3v) is 7.75. The minimum absolute atomic E-state index is 0.0402. The number of hydrogen-bond donors (Lipinski definition) is 0. The van der Waals surface area contributed by atoms with Gasteiger partial charge in [-0.05, 0) is 48.9 Å². The molecular formula is C24H19F6N3O3S. The highest BCUT2D eigenvalue weighted by Crippen LogP contribution is 2.37. The van der Waals surface area contributed by atoms with E-state index >= 15 is 0 Å². The molecule has 196 valence electrons. The Kier molecular flexibility index (Phi) is 7.12. The Morgan fingerprint density at radius 1 is 1.03 bits per heavy atom. The second-order valence-electron chi connectivity index (χ2n) is 8.52. The fraction of sp³-hybridized carbons (Fsp3) is 0.292. The van der Waals surface area contributed by atoms with E-state index < -0.39 is 63.2 Å².